The molecule has 0 atom stereocenters. The molecule has 3 aromatic rings. The van der Waals surface area contributed by atoms with Crippen LogP contribution >= 0.6 is 39.0 Å². The summed E-state index contributed by atoms with van der Waals surface area (Å²) in [6, 6.07) is 12.9. The molecule has 1 aromatic heterocycles. The first kappa shape index (κ1) is 20.5. The SMILES string of the molecule is Cc1cc(C)cc(NC(=O)CSc2nnc(NC(=O)c3ccc(Br)cc3)s2)c1. The molecule has 0 spiro atoms. The molecule has 2 amide bonds. The summed E-state index contributed by atoms with van der Waals surface area (Å²) in [6.45, 7) is 3.98. The minimum Gasteiger partial charge on any atom is -0.325 e. The lowest BCUT2D eigenvalue weighted by atomic mass is 10.1. The number of benzene rings is 2. The molecule has 28 heavy (non-hydrogen) atoms. The minimum absolute atomic E-state index is 0.120. The van der Waals surface area contributed by atoms with Crippen LogP contribution in [0.5, 0.6) is 0 Å². The Hall–Kier alpha value is -2.23. The van der Waals surface area contributed by atoms with Gasteiger partial charge in [-0.3, -0.25) is 14.9 Å². The van der Waals surface area contributed by atoms with Crippen molar-refractivity contribution >= 4 is 61.7 Å². The predicted octanol–water partition coefficient (Wildman–Crippen LogP) is 4.90. The van der Waals surface area contributed by atoms with Crippen molar-refractivity contribution in [2.45, 2.75) is 18.2 Å². The molecular weight excluding hydrogens is 460 g/mol. The van der Waals surface area contributed by atoms with Crippen LogP contribution in [0.1, 0.15) is 21.5 Å². The molecular formula is C19H17BrN4O2S2. The zero-order valence-electron chi connectivity index (χ0n) is 15.2. The van der Waals surface area contributed by atoms with Crippen LogP contribution in [0.25, 0.3) is 0 Å². The molecule has 144 valence electrons. The van der Waals surface area contributed by atoms with Crippen LogP contribution in [-0.2, 0) is 4.79 Å². The highest BCUT2D eigenvalue weighted by Crippen LogP contribution is 2.26. The number of nitrogens with one attached hydrogen (secondary N) is 2. The van der Waals surface area contributed by atoms with Gasteiger partial charge >= 0.3 is 0 Å². The van der Waals surface area contributed by atoms with E-state index in [1.807, 2.05) is 26.0 Å². The van der Waals surface area contributed by atoms with E-state index >= 15 is 0 Å². The third-order valence-corrected chi connectivity index (χ3v) is 6.07. The van der Waals surface area contributed by atoms with Crippen molar-refractivity contribution in [3.8, 4) is 0 Å². The fourth-order valence-electron chi connectivity index (χ4n) is 2.46. The van der Waals surface area contributed by atoms with Gasteiger partial charge in [0.2, 0.25) is 11.0 Å². The number of aromatic nitrogens is 2. The van der Waals surface area contributed by atoms with Crippen molar-refractivity contribution in [1.82, 2.24) is 10.2 Å². The van der Waals surface area contributed by atoms with Crippen LogP contribution in [-0.4, -0.2) is 27.8 Å². The summed E-state index contributed by atoms with van der Waals surface area (Å²) in [4.78, 5) is 24.4. The third kappa shape index (κ3) is 5.88. The van der Waals surface area contributed by atoms with Crippen LogP contribution in [0.4, 0.5) is 10.8 Å². The molecule has 0 radical (unpaired) electrons. The molecule has 0 aliphatic rings. The standard InChI is InChI=1S/C19H17BrN4O2S2/c1-11-7-12(2)9-15(8-11)21-16(25)10-27-19-24-23-18(28-19)22-17(26)13-3-5-14(20)6-4-13/h3-9H,10H2,1-2H3,(H,21,25)(H,22,23,26). The van der Waals surface area contributed by atoms with Crippen LogP contribution in [0.3, 0.4) is 0 Å². The van der Waals surface area contributed by atoms with Gasteiger partial charge in [0.25, 0.3) is 5.91 Å². The quantitative estimate of drug-likeness (QED) is 0.390. The maximum Gasteiger partial charge on any atom is 0.257 e. The summed E-state index contributed by atoms with van der Waals surface area (Å²) in [5, 5.41) is 14.0. The number of halogens is 1. The highest BCUT2D eigenvalue weighted by molar-refractivity contribution is 9.10. The summed E-state index contributed by atoms with van der Waals surface area (Å²) in [7, 11) is 0. The summed E-state index contributed by atoms with van der Waals surface area (Å²) in [5.74, 6) is -0.166. The summed E-state index contributed by atoms with van der Waals surface area (Å²) in [5.41, 5.74) is 3.50. The van der Waals surface area contributed by atoms with Gasteiger partial charge in [-0.05, 0) is 61.4 Å². The molecule has 0 unspecified atom stereocenters. The molecule has 0 fully saturated rings. The second kappa shape index (κ2) is 9.31. The summed E-state index contributed by atoms with van der Waals surface area (Å²) in [6.07, 6.45) is 0. The van der Waals surface area contributed by atoms with Crippen molar-refractivity contribution < 1.29 is 9.59 Å². The lowest BCUT2D eigenvalue weighted by Gasteiger charge is -2.06. The summed E-state index contributed by atoms with van der Waals surface area (Å²) < 4.78 is 1.51. The van der Waals surface area contributed by atoms with Gasteiger partial charge in [0.15, 0.2) is 4.34 Å². The monoisotopic (exact) mass is 476 g/mol. The number of carbonyl (C=O) groups is 2. The fraction of sp³-hybridized carbons (Fsp3) is 0.158. The van der Waals surface area contributed by atoms with E-state index in [1.165, 1.54) is 23.1 Å². The van der Waals surface area contributed by atoms with Crippen molar-refractivity contribution in [3.63, 3.8) is 0 Å². The molecule has 2 N–H and O–H groups in total. The number of thioether (sulfide) groups is 1. The molecule has 0 saturated carbocycles. The van der Waals surface area contributed by atoms with E-state index in [4.69, 9.17) is 0 Å². The molecule has 0 bridgehead atoms. The largest absolute Gasteiger partial charge is 0.325 e. The van der Waals surface area contributed by atoms with E-state index in [0.29, 0.717) is 15.0 Å². The topological polar surface area (TPSA) is 84.0 Å². The molecule has 0 aliphatic carbocycles. The molecule has 3 rings (SSSR count). The molecule has 0 aliphatic heterocycles. The molecule has 0 saturated heterocycles. The van der Waals surface area contributed by atoms with Gasteiger partial charge in [-0.15, -0.1) is 10.2 Å². The first-order valence-electron chi connectivity index (χ1n) is 8.30. The Bertz CT molecular complexity index is 985. The first-order valence-corrected chi connectivity index (χ1v) is 10.9. The number of aryl methyl sites for hydroxylation is 2. The van der Waals surface area contributed by atoms with Crippen molar-refractivity contribution in [3.05, 3.63) is 63.6 Å². The lowest BCUT2D eigenvalue weighted by molar-refractivity contribution is -0.113. The Morgan fingerprint density at radius 1 is 1.04 bits per heavy atom. The van der Waals surface area contributed by atoms with Crippen LogP contribution in [0.15, 0.2) is 51.3 Å². The Balaban J connectivity index is 1.52. The van der Waals surface area contributed by atoms with Gasteiger partial charge in [-0.2, -0.15) is 0 Å². The van der Waals surface area contributed by atoms with E-state index in [2.05, 4.69) is 42.8 Å². The highest BCUT2D eigenvalue weighted by Gasteiger charge is 2.12. The number of rotatable bonds is 6. The Kier molecular flexibility index (Phi) is 6.82. The maximum absolute atomic E-state index is 12.2. The van der Waals surface area contributed by atoms with Crippen molar-refractivity contribution in [2.75, 3.05) is 16.4 Å². The Morgan fingerprint density at radius 2 is 1.71 bits per heavy atom. The number of carbonyl (C=O) groups excluding carboxylic acids is 2. The second-order valence-electron chi connectivity index (χ2n) is 6.05. The average Bonchev–Trinajstić information content (AvgIpc) is 3.07. The number of anilines is 2. The highest BCUT2D eigenvalue weighted by atomic mass is 79.9. The maximum atomic E-state index is 12.2. The molecule has 9 heteroatoms. The number of hydrogen-bond donors (Lipinski definition) is 2. The van der Waals surface area contributed by atoms with Gasteiger partial charge in [0, 0.05) is 15.7 Å². The van der Waals surface area contributed by atoms with Gasteiger partial charge in [-0.25, -0.2) is 0 Å². The van der Waals surface area contributed by atoms with E-state index in [9.17, 15) is 9.59 Å². The van der Waals surface area contributed by atoms with Gasteiger partial charge in [-0.1, -0.05) is 45.1 Å². The zero-order chi connectivity index (χ0) is 20.1. The van der Waals surface area contributed by atoms with Crippen molar-refractivity contribution in [2.24, 2.45) is 0 Å². The third-order valence-electron chi connectivity index (χ3n) is 3.57. The van der Waals surface area contributed by atoms with Crippen LogP contribution in [0, 0.1) is 13.8 Å². The van der Waals surface area contributed by atoms with E-state index in [-0.39, 0.29) is 17.6 Å². The fourth-order valence-corrected chi connectivity index (χ4v) is 4.27. The van der Waals surface area contributed by atoms with Gasteiger partial charge < -0.3 is 5.32 Å². The lowest BCUT2D eigenvalue weighted by Crippen LogP contribution is -2.14. The predicted molar refractivity (Wildman–Crippen MR) is 117 cm³/mol. The van der Waals surface area contributed by atoms with E-state index in [1.54, 1.807) is 24.3 Å². The number of nitrogens with zero attached hydrogens (tertiary/aromatic N) is 2. The van der Waals surface area contributed by atoms with Crippen LogP contribution < -0.4 is 10.6 Å². The molecule has 1 heterocycles. The van der Waals surface area contributed by atoms with Gasteiger partial charge in [0.1, 0.15) is 0 Å². The minimum atomic E-state index is -0.257. The second-order valence-corrected chi connectivity index (χ2v) is 9.16. The zero-order valence-corrected chi connectivity index (χ0v) is 18.4. The van der Waals surface area contributed by atoms with E-state index in [0.717, 1.165) is 21.3 Å². The van der Waals surface area contributed by atoms with Gasteiger partial charge in [0.05, 0.1) is 5.75 Å². The normalized spacial score (nSPS) is 10.5. The van der Waals surface area contributed by atoms with Crippen molar-refractivity contribution in [1.29, 1.82) is 0 Å². The summed E-state index contributed by atoms with van der Waals surface area (Å²) >= 11 is 5.84. The molecule has 6 nitrogen and oxygen atoms in total. The van der Waals surface area contributed by atoms with Crippen LogP contribution in [0.2, 0.25) is 0 Å². The smallest absolute Gasteiger partial charge is 0.257 e. The number of amides is 2. The Morgan fingerprint density at radius 3 is 2.39 bits per heavy atom. The Labute approximate surface area is 179 Å². The van der Waals surface area contributed by atoms with E-state index < -0.39 is 0 Å². The first-order chi connectivity index (χ1) is 13.4. The average molecular weight is 477 g/mol. The molecule has 2 aromatic carbocycles. The number of hydrogen-bond acceptors (Lipinski definition) is 6.